The van der Waals surface area contributed by atoms with Crippen molar-refractivity contribution in [2.24, 2.45) is 0 Å². The van der Waals surface area contributed by atoms with E-state index in [1.807, 2.05) is 0 Å². The van der Waals surface area contributed by atoms with Gasteiger partial charge in [0.15, 0.2) is 0 Å². The number of esters is 1. The number of ether oxygens (including phenoxy) is 2. The summed E-state index contributed by atoms with van der Waals surface area (Å²) >= 11 is 2.86. The standard InChI is InChI=1S/C11H9BrFNO5/c1-18-10(15)11(2-3-11)19-9-5-7(13)6(12)4-8(9)14(16)17/h4-5H,2-3H2,1H3. The van der Waals surface area contributed by atoms with Gasteiger partial charge >= 0.3 is 11.7 Å². The quantitative estimate of drug-likeness (QED) is 0.480. The number of nitrogens with zero attached hydrogens (tertiary/aromatic N) is 1. The van der Waals surface area contributed by atoms with Crippen molar-refractivity contribution >= 4 is 27.6 Å². The van der Waals surface area contributed by atoms with E-state index in [9.17, 15) is 19.3 Å². The third-order valence-corrected chi connectivity index (χ3v) is 3.37. The summed E-state index contributed by atoms with van der Waals surface area (Å²) in [5, 5.41) is 10.9. The predicted molar refractivity (Wildman–Crippen MR) is 65.4 cm³/mol. The largest absolute Gasteiger partial charge is 0.468 e. The van der Waals surface area contributed by atoms with Crippen LogP contribution in [0.5, 0.6) is 5.75 Å². The average Bonchev–Trinajstić information content (AvgIpc) is 3.13. The Morgan fingerprint density at radius 2 is 2.16 bits per heavy atom. The molecule has 0 bridgehead atoms. The Bertz CT molecular complexity index is 558. The molecule has 1 aromatic rings. The molecule has 8 heteroatoms. The van der Waals surface area contributed by atoms with E-state index in [0.717, 1.165) is 12.1 Å². The summed E-state index contributed by atoms with van der Waals surface area (Å²) in [6.45, 7) is 0. The fourth-order valence-corrected chi connectivity index (χ4v) is 1.93. The van der Waals surface area contributed by atoms with E-state index in [0.29, 0.717) is 12.8 Å². The molecule has 0 unspecified atom stereocenters. The van der Waals surface area contributed by atoms with E-state index in [4.69, 9.17) is 4.74 Å². The molecular weight excluding hydrogens is 325 g/mol. The first-order valence-electron chi connectivity index (χ1n) is 5.30. The number of carbonyl (C=O) groups is 1. The predicted octanol–water partition coefficient (Wildman–Crippen LogP) is 2.58. The molecule has 2 rings (SSSR count). The molecule has 19 heavy (non-hydrogen) atoms. The molecule has 0 atom stereocenters. The summed E-state index contributed by atoms with van der Waals surface area (Å²) in [6.07, 6.45) is 0.767. The van der Waals surface area contributed by atoms with Crippen LogP contribution in [-0.2, 0) is 9.53 Å². The Kier molecular flexibility index (Phi) is 3.44. The Morgan fingerprint density at radius 3 is 2.63 bits per heavy atom. The Balaban J connectivity index is 2.37. The number of methoxy groups -OCH3 is 1. The average molecular weight is 334 g/mol. The van der Waals surface area contributed by atoms with E-state index in [2.05, 4.69) is 20.7 Å². The van der Waals surface area contributed by atoms with Gasteiger partial charge in [-0.15, -0.1) is 0 Å². The van der Waals surface area contributed by atoms with Crippen LogP contribution in [0.15, 0.2) is 16.6 Å². The van der Waals surface area contributed by atoms with Gasteiger partial charge in [-0.3, -0.25) is 10.1 Å². The number of benzene rings is 1. The minimum absolute atomic E-state index is 0.0468. The van der Waals surface area contributed by atoms with Crippen molar-refractivity contribution in [3.63, 3.8) is 0 Å². The molecule has 1 aliphatic carbocycles. The van der Waals surface area contributed by atoms with Crippen molar-refractivity contribution < 1.29 is 23.6 Å². The molecule has 0 radical (unpaired) electrons. The van der Waals surface area contributed by atoms with Gasteiger partial charge < -0.3 is 9.47 Å². The number of hydrogen-bond donors (Lipinski definition) is 0. The maximum absolute atomic E-state index is 13.4. The van der Waals surface area contributed by atoms with Crippen molar-refractivity contribution in [1.29, 1.82) is 0 Å². The molecular formula is C11H9BrFNO5. The van der Waals surface area contributed by atoms with Gasteiger partial charge in [0.1, 0.15) is 5.82 Å². The van der Waals surface area contributed by atoms with E-state index in [-0.39, 0.29) is 10.2 Å². The molecule has 1 saturated carbocycles. The minimum atomic E-state index is -1.22. The zero-order valence-corrected chi connectivity index (χ0v) is 11.4. The summed E-state index contributed by atoms with van der Waals surface area (Å²) in [5.74, 6) is -1.61. The summed E-state index contributed by atoms with van der Waals surface area (Å²) in [6, 6.07) is 1.88. The number of nitro benzene ring substituents is 1. The number of hydrogen-bond acceptors (Lipinski definition) is 5. The van der Waals surface area contributed by atoms with Crippen molar-refractivity contribution in [3.05, 3.63) is 32.5 Å². The van der Waals surface area contributed by atoms with Gasteiger partial charge in [-0.2, -0.15) is 0 Å². The lowest BCUT2D eigenvalue weighted by Crippen LogP contribution is -2.31. The van der Waals surface area contributed by atoms with Crippen LogP contribution < -0.4 is 4.74 Å². The van der Waals surface area contributed by atoms with E-state index in [1.165, 1.54) is 7.11 Å². The molecule has 1 aliphatic rings. The topological polar surface area (TPSA) is 78.7 Å². The molecule has 0 saturated heterocycles. The summed E-state index contributed by atoms with van der Waals surface area (Å²) in [4.78, 5) is 21.7. The van der Waals surface area contributed by atoms with Crippen molar-refractivity contribution in [3.8, 4) is 5.75 Å². The molecule has 0 heterocycles. The fraction of sp³-hybridized carbons (Fsp3) is 0.364. The van der Waals surface area contributed by atoms with Crippen molar-refractivity contribution in [2.45, 2.75) is 18.4 Å². The third kappa shape index (κ3) is 2.53. The van der Waals surface area contributed by atoms with Crippen LogP contribution in [0.25, 0.3) is 0 Å². The van der Waals surface area contributed by atoms with Crippen LogP contribution >= 0.6 is 15.9 Å². The molecule has 0 N–H and O–H groups in total. The Hall–Kier alpha value is -1.70. The maximum Gasteiger partial charge on any atom is 0.350 e. The number of halogens is 2. The van der Waals surface area contributed by atoms with Gasteiger partial charge in [-0.25, -0.2) is 9.18 Å². The second-order valence-corrected chi connectivity index (χ2v) is 4.93. The van der Waals surface area contributed by atoms with Crippen LogP contribution in [0.3, 0.4) is 0 Å². The highest BCUT2D eigenvalue weighted by Crippen LogP contribution is 2.44. The van der Waals surface area contributed by atoms with Crippen LogP contribution in [0, 0.1) is 15.9 Å². The highest BCUT2D eigenvalue weighted by atomic mass is 79.9. The lowest BCUT2D eigenvalue weighted by Gasteiger charge is -2.15. The van der Waals surface area contributed by atoms with Gasteiger partial charge in [0, 0.05) is 25.0 Å². The normalized spacial score (nSPS) is 15.7. The van der Waals surface area contributed by atoms with E-state index < -0.39 is 28.0 Å². The first-order chi connectivity index (χ1) is 8.89. The van der Waals surface area contributed by atoms with Gasteiger partial charge in [-0.05, 0) is 15.9 Å². The molecule has 1 fully saturated rings. The summed E-state index contributed by atoms with van der Waals surface area (Å²) in [5.41, 5.74) is -1.64. The first-order valence-corrected chi connectivity index (χ1v) is 6.10. The molecule has 1 aromatic carbocycles. The van der Waals surface area contributed by atoms with Gasteiger partial charge in [0.05, 0.1) is 16.5 Å². The Labute approximate surface area is 115 Å². The van der Waals surface area contributed by atoms with Crippen LogP contribution in [0.2, 0.25) is 0 Å². The number of rotatable bonds is 4. The second kappa shape index (κ2) is 4.76. The number of nitro groups is 1. The maximum atomic E-state index is 13.4. The Morgan fingerprint density at radius 1 is 1.53 bits per heavy atom. The van der Waals surface area contributed by atoms with E-state index in [1.54, 1.807) is 0 Å². The van der Waals surface area contributed by atoms with Crippen LogP contribution in [-0.4, -0.2) is 23.6 Å². The van der Waals surface area contributed by atoms with Gasteiger partial charge in [0.25, 0.3) is 0 Å². The molecule has 102 valence electrons. The van der Waals surface area contributed by atoms with Crippen LogP contribution in [0.1, 0.15) is 12.8 Å². The first kappa shape index (κ1) is 13.7. The highest BCUT2D eigenvalue weighted by molar-refractivity contribution is 9.10. The van der Waals surface area contributed by atoms with Gasteiger partial charge in [-0.1, -0.05) is 0 Å². The van der Waals surface area contributed by atoms with Crippen molar-refractivity contribution in [2.75, 3.05) is 7.11 Å². The van der Waals surface area contributed by atoms with Crippen LogP contribution in [0.4, 0.5) is 10.1 Å². The van der Waals surface area contributed by atoms with Gasteiger partial charge in [0.2, 0.25) is 11.4 Å². The summed E-state index contributed by atoms with van der Waals surface area (Å²) < 4.78 is 23.3. The summed E-state index contributed by atoms with van der Waals surface area (Å²) in [7, 11) is 1.20. The minimum Gasteiger partial charge on any atom is -0.468 e. The SMILES string of the molecule is COC(=O)C1(Oc2cc(F)c(Br)cc2[N+](=O)[O-])CC1. The molecule has 0 aromatic heterocycles. The second-order valence-electron chi connectivity index (χ2n) is 4.08. The monoisotopic (exact) mass is 333 g/mol. The van der Waals surface area contributed by atoms with Crippen molar-refractivity contribution in [1.82, 2.24) is 0 Å². The zero-order chi connectivity index (χ0) is 14.2. The molecule has 0 spiro atoms. The smallest absolute Gasteiger partial charge is 0.350 e. The molecule has 0 aliphatic heterocycles. The molecule has 6 nitrogen and oxygen atoms in total. The van der Waals surface area contributed by atoms with E-state index >= 15 is 0 Å². The fourth-order valence-electron chi connectivity index (χ4n) is 1.60. The molecule has 0 amide bonds. The third-order valence-electron chi connectivity index (χ3n) is 2.77. The highest BCUT2D eigenvalue weighted by Gasteiger charge is 2.55. The lowest BCUT2D eigenvalue weighted by molar-refractivity contribution is -0.386. The lowest BCUT2D eigenvalue weighted by atomic mass is 10.2. The number of carbonyl (C=O) groups excluding carboxylic acids is 1. The zero-order valence-electron chi connectivity index (χ0n) is 9.81.